The van der Waals surface area contributed by atoms with Gasteiger partial charge in [0.2, 0.25) is 0 Å². The van der Waals surface area contributed by atoms with Crippen LogP contribution in [0.25, 0.3) is 0 Å². The number of aromatic nitrogens is 3. The number of anilines is 7. The number of pyridine rings is 3. The number of hydrogen-bond donors (Lipinski definition) is 2. The highest BCUT2D eigenvalue weighted by molar-refractivity contribution is 6.04. The van der Waals surface area contributed by atoms with Crippen LogP contribution in [-0.2, 0) is 0 Å². The summed E-state index contributed by atoms with van der Waals surface area (Å²) in [5.41, 5.74) is 3.03. The highest BCUT2D eigenvalue weighted by Crippen LogP contribution is 2.41. The lowest BCUT2D eigenvalue weighted by Gasteiger charge is -2.36. The number of fused-ring (bicyclic) bond motifs is 8. The van der Waals surface area contributed by atoms with Gasteiger partial charge >= 0.3 is 6.03 Å². The minimum Gasteiger partial charge on any atom is -0.366 e. The van der Waals surface area contributed by atoms with Crippen molar-refractivity contribution in [1.82, 2.24) is 24.8 Å². The Morgan fingerprint density at radius 1 is 0.755 bits per heavy atom. The Morgan fingerprint density at radius 2 is 1.41 bits per heavy atom. The molecule has 49 heavy (non-hydrogen) atoms. The highest BCUT2D eigenvalue weighted by Gasteiger charge is 2.41. The molecular weight excluding hydrogens is 616 g/mol. The molecule has 4 saturated heterocycles. The van der Waals surface area contributed by atoms with E-state index in [0.717, 1.165) is 94.2 Å². The standard InChI is InChI=1S/C21H27N7O.C15H23N5/c1-25(2)16-7-11-27(13-16)19-6-5-18-20(24-19)28(17-8-10-26(18)14-17)21(29)23-15-4-3-9-22-12-15;1-18(2)12-6-8-20(10-12)14-4-3-13-15(17-14)16-11-5-7-19(13)9-11/h3-6,9,12,16-17H,7-8,10-11,13-14H2,1-2H3,(H,23,29);3-4,11-12H,5-10H2,1-2H3,(H,16,17)/t16-,17-;11-,12-/m00/s1. The number of amides is 2. The molecule has 4 fully saturated rings. The number of carbonyl (C=O) groups excluding carboxylic acids is 1. The first-order chi connectivity index (χ1) is 23.8. The van der Waals surface area contributed by atoms with Crippen molar-refractivity contribution < 1.29 is 4.79 Å². The van der Waals surface area contributed by atoms with Crippen molar-refractivity contribution in [1.29, 1.82) is 0 Å². The molecule has 0 spiro atoms. The van der Waals surface area contributed by atoms with Gasteiger partial charge in [-0.2, -0.15) is 0 Å². The van der Waals surface area contributed by atoms with E-state index in [1.54, 1.807) is 12.4 Å². The molecular formula is C36H50N12O. The van der Waals surface area contributed by atoms with E-state index >= 15 is 0 Å². The Bertz CT molecular complexity index is 1650. The molecule has 2 N–H and O–H groups in total. The lowest BCUT2D eigenvalue weighted by Crippen LogP contribution is -2.48. The van der Waals surface area contributed by atoms with Crippen LogP contribution in [0.4, 0.5) is 45.1 Å². The average molecular weight is 667 g/mol. The number of carbonyl (C=O) groups is 1. The second kappa shape index (κ2) is 13.2. The third-order valence-corrected chi connectivity index (χ3v) is 11.2. The zero-order chi connectivity index (χ0) is 33.6. The fourth-order valence-electron chi connectivity index (χ4n) is 8.27. The Balaban J connectivity index is 0.000000152. The van der Waals surface area contributed by atoms with Crippen molar-refractivity contribution in [3.63, 3.8) is 0 Å². The van der Waals surface area contributed by atoms with Gasteiger partial charge < -0.3 is 40.0 Å². The Labute approximate surface area is 289 Å². The zero-order valence-corrected chi connectivity index (χ0v) is 29.3. The summed E-state index contributed by atoms with van der Waals surface area (Å²) >= 11 is 0. The predicted molar refractivity (Wildman–Crippen MR) is 198 cm³/mol. The van der Waals surface area contributed by atoms with E-state index in [4.69, 9.17) is 9.97 Å². The molecule has 4 bridgehead atoms. The van der Waals surface area contributed by atoms with Crippen LogP contribution < -0.4 is 35.1 Å². The van der Waals surface area contributed by atoms with Gasteiger partial charge in [-0.05, 0) is 90.3 Å². The van der Waals surface area contributed by atoms with Crippen molar-refractivity contribution in [2.45, 2.75) is 49.9 Å². The third-order valence-electron chi connectivity index (χ3n) is 11.2. The first-order valence-corrected chi connectivity index (χ1v) is 17.9. The maximum atomic E-state index is 13.2. The van der Waals surface area contributed by atoms with Gasteiger partial charge in [0, 0.05) is 76.7 Å². The van der Waals surface area contributed by atoms with Crippen LogP contribution in [0, 0.1) is 0 Å². The largest absolute Gasteiger partial charge is 0.366 e. The predicted octanol–water partition coefficient (Wildman–Crippen LogP) is 3.47. The smallest absolute Gasteiger partial charge is 0.327 e. The van der Waals surface area contributed by atoms with Crippen molar-refractivity contribution in [2.75, 3.05) is 116 Å². The monoisotopic (exact) mass is 666 g/mol. The maximum absolute atomic E-state index is 13.2. The Kier molecular flexibility index (Phi) is 8.56. The van der Waals surface area contributed by atoms with Gasteiger partial charge in [0.15, 0.2) is 11.6 Å². The van der Waals surface area contributed by atoms with E-state index in [1.165, 1.54) is 18.5 Å². The summed E-state index contributed by atoms with van der Waals surface area (Å²) in [5.74, 6) is 3.94. The van der Waals surface area contributed by atoms with E-state index in [9.17, 15) is 4.79 Å². The normalized spacial score (nSPS) is 25.0. The molecule has 6 aliphatic heterocycles. The second-order valence-electron chi connectivity index (χ2n) is 14.8. The lowest BCUT2D eigenvalue weighted by molar-refractivity contribution is 0.255. The fraction of sp³-hybridized carbons (Fsp3) is 0.556. The Hall–Kier alpha value is -4.36. The van der Waals surface area contributed by atoms with Gasteiger partial charge in [0.05, 0.1) is 29.3 Å². The van der Waals surface area contributed by atoms with Crippen LogP contribution in [0.1, 0.15) is 25.7 Å². The van der Waals surface area contributed by atoms with E-state index in [1.807, 2.05) is 17.0 Å². The quantitative estimate of drug-likeness (QED) is 0.419. The highest BCUT2D eigenvalue weighted by atomic mass is 16.2. The molecule has 0 saturated carbocycles. The molecule has 0 radical (unpaired) electrons. The van der Waals surface area contributed by atoms with Crippen LogP contribution in [0.15, 0.2) is 48.8 Å². The molecule has 0 aromatic carbocycles. The summed E-state index contributed by atoms with van der Waals surface area (Å²) in [6.07, 6.45) is 7.92. The number of nitrogens with zero attached hydrogens (tertiary/aromatic N) is 10. The van der Waals surface area contributed by atoms with Crippen LogP contribution >= 0.6 is 0 Å². The molecule has 9 heterocycles. The average Bonchev–Trinajstić information content (AvgIpc) is 3.93. The lowest BCUT2D eigenvalue weighted by atomic mass is 10.2. The van der Waals surface area contributed by atoms with Crippen LogP contribution in [0.2, 0.25) is 0 Å². The minimum absolute atomic E-state index is 0.136. The van der Waals surface area contributed by atoms with Crippen molar-refractivity contribution in [2.24, 2.45) is 0 Å². The van der Waals surface area contributed by atoms with Gasteiger partial charge in [-0.1, -0.05) is 0 Å². The van der Waals surface area contributed by atoms with Crippen molar-refractivity contribution in [3.05, 3.63) is 48.8 Å². The summed E-state index contributed by atoms with van der Waals surface area (Å²) in [4.78, 5) is 43.2. The summed E-state index contributed by atoms with van der Waals surface area (Å²) in [7, 11) is 8.59. The zero-order valence-electron chi connectivity index (χ0n) is 29.3. The second-order valence-corrected chi connectivity index (χ2v) is 14.8. The van der Waals surface area contributed by atoms with Crippen LogP contribution in [0.3, 0.4) is 0 Å². The SMILES string of the molecule is CN(C)[C@H]1CCN(c2ccc3c(n2)N(C(=O)Nc2cccnc2)[C@H]2CCN3C2)C1.CN(C)[C@H]1CCN(c2ccc3c(n2)N[C@H]2CCN3C2)C1. The van der Waals surface area contributed by atoms with Crippen molar-refractivity contribution >= 4 is 46.4 Å². The topological polar surface area (TPSA) is 102 Å². The fourth-order valence-corrected chi connectivity index (χ4v) is 8.27. The van der Waals surface area contributed by atoms with Gasteiger partial charge in [-0.15, -0.1) is 0 Å². The number of rotatable bonds is 5. The molecule has 3 aromatic heterocycles. The molecule has 260 valence electrons. The first kappa shape index (κ1) is 31.9. The summed E-state index contributed by atoms with van der Waals surface area (Å²) < 4.78 is 0. The molecule has 6 aliphatic rings. The van der Waals surface area contributed by atoms with Gasteiger partial charge in [-0.25, -0.2) is 14.8 Å². The maximum Gasteiger partial charge on any atom is 0.327 e. The summed E-state index contributed by atoms with van der Waals surface area (Å²) in [6.45, 7) is 8.28. The minimum atomic E-state index is -0.136. The summed E-state index contributed by atoms with van der Waals surface area (Å²) in [5, 5.41) is 6.59. The molecule has 2 amide bonds. The molecule has 0 aliphatic carbocycles. The molecule has 3 aromatic rings. The number of urea groups is 1. The molecule has 13 heteroatoms. The molecule has 9 rings (SSSR count). The van der Waals surface area contributed by atoms with E-state index < -0.39 is 0 Å². The molecule has 4 atom stereocenters. The van der Waals surface area contributed by atoms with Crippen LogP contribution in [-0.4, -0.2) is 135 Å². The number of hydrogen-bond acceptors (Lipinski definition) is 11. The van der Waals surface area contributed by atoms with E-state index in [0.29, 0.717) is 23.8 Å². The summed E-state index contributed by atoms with van der Waals surface area (Å²) in [6, 6.07) is 14.1. The van der Waals surface area contributed by atoms with Crippen molar-refractivity contribution in [3.8, 4) is 0 Å². The van der Waals surface area contributed by atoms with Crippen LogP contribution in [0.5, 0.6) is 0 Å². The number of likely N-dealkylation sites (N-methyl/N-ethyl adjacent to an activating group) is 2. The van der Waals surface area contributed by atoms with E-state index in [2.05, 4.69) is 97.5 Å². The Morgan fingerprint density at radius 3 is 2.08 bits per heavy atom. The third kappa shape index (κ3) is 6.29. The van der Waals surface area contributed by atoms with Gasteiger partial charge in [0.25, 0.3) is 0 Å². The van der Waals surface area contributed by atoms with Gasteiger partial charge in [0.1, 0.15) is 11.6 Å². The number of nitrogens with one attached hydrogen (secondary N) is 2. The molecule has 13 nitrogen and oxygen atoms in total. The van der Waals surface area contributed by atoms with E-state index in [-0.39, 0.29) is 12.1 Å². The molecule has 0 unspecified atom stereocenters. The van der Waals surface area contributed by atoms with Gasteiger partial charge in [-0.3, -0.25) is 9.88 Å². The first-order valence-electron chi connectivity index (χ1n) is 17.9.